The van der Waals surface area contributed by atoms with Crippen LogP contribution in [0.3, 0.4) is 0 Å². The fourth-order valence-corrected chi connectivity index (χ4v) is 3.54. The van der Waals surface area contributed by atoms with E-state index in [4.69, 9.17) is 4.74 Å². The van der Waals surface area contributed by atoms with E-state index >= 15 is 0 Å². The number of alkyl halides is 3. The quantitative estimate of drug-likeness (QED) is 0.576. The number of ether oxygens (including phenoxy) is 1. The zero-order chi connectivity index (χ0) is 22.4. The molecule has 1 N–H and O–H groups in total. The molecule has 1 unspecified atom stereocenters. The Hall–Kier alpha value is -2.52. The number of aromatic nitrogens is 1. The third kappa shape index (κ3) is 6.77. The standard InChI is InChI=1S/C19H19F3N2O3S.C2H6/c1-28(25,26)23-18(19(20,21)22)12-24-10-9-15-7-8-16(11-17(15)24)27-13-14-5-3-2-4-6-14;1-2/h2-11,18,23H,12-13H2,1H3;1-2H3. The lowest BCUT2D eigenvalue weighted by molar-refractivity contribution is -0.153. The summed E-state index contributed by atoms with van der Waals surface area (Å²) in [4.78, 5) is 0. The average molecular weight is 443 g/mol. The van der Waals surface area contributed by atoms with Crippen LogP contribution in [0.4, 0.5) is 13.2 Å². The van der Waals surface area contributed by atoms with E-state index in [-0.39, 0.29) is 0 Å². The first-order chi connectivity index (χ1) is 14.1. The van der Waals surface area contributed by atoms with Gasteiger partial charge in [-0.1, -0.05) is 44.2 Å². The monoisotopic (exact) mass is 442 g/mol. The van der Waals surface area contributed by atoms with E-state index in [1.165, 1.54) is 10.8 Å². The predicted octanol–water partition coefficient (Wildman–Crippen LogP) is 4.73. The minimum Gasteiger partial charge on any atom is -0.489 e. The Kier molecular flexibility index (Phi) is 7.91. The molecule has 0 amide bonds. The summed E-state index contributed by atoms with van der Waals surface area (Å²) in [5.74, 6) is 0.510. The molecular weight excluding hydrogens is 417 g/mol. The molecule has 0 fully saturated rings. The molecule has 1 aromatic heterocycles. The van der Waals surface area contributed by atoms with E-state index in [1.807, 2.05) is 44.2 Å². The summed E-state index contributed by atoms with van der Waals surface area (Å²) in [6.07, 6.45) is -2.52. The molecule has 0 spiro atoms. The van der Waals surface area contributed by atoms with Crippen molar-refractivity contribution in [1.29, 1.82) is 0 Å². The second kappa shape index (κ2) is 9.99. The molecule has 3 aromatic rings. The van der Waals surface area contributed by atoms with Crippen molar-refractivity contribution in [3.63, 3.8) is 0 Å². The Bertz CT molecular complexity index is 1050. The minimum absolute atomic E-state index is 0.327. The van der Waals surface area contributed by atoms with Crippen molar-refractivity contribution in [3.8, 4) is 5.75 Å². The van der Waals surface area contributed by atoms with Crippen molar-refractivity contribution in [3.05, 3.63) is 66.4 Å². The third-order valence-electron chi connectivity index (χ3n) is 4.12. The van der Waals surface area contributed by atoms with Crippen LogP contribution >= 0.6 is 0 Å². The number of benzene rings is 2. The lowest BCUT2D eigenvalue weighted by Gasteiger charge is -2.21. The molecule has 9 heteroatoms. The smallest absolute Gasteiger partial charge is 0.406 e. The molecule has 164 valence electrons. The molecule has 5 nitrogen and oxygen atoms in total. The lowest BCUT2D eigenvalue weighted by atomic mass is 10.2. The Balaban J connectivity index is 0.00000155. The average Bonchev–Trinajstić information content (AvgIpc) is 3.09. The van der Waals surface area contributed by atoms with Crippen LogP contribution in [0.15, 0.2) is 60.8 Å². The van der Waals surface area contributed by atoms with Gasteiger partial charge in [0, 0.05) is 18.8 Å². The summed E-state index contributed by atoms with van der Waals surface area (Å²) < 4.78 is 71.2. The predicted molar refractivity (Wildman–Crippen MR) is 112 cm³/mol. The van der Waals surface area contributed by atoms with Crippen molar-refractivity contribution >= 4 is 20.9 Å². The highest BCUT2D eigenvalue weighted by molar-refractivity contribution is 7.88. The molecule has 0 aliphatic heterocycles. The van der Waals surface area contributed by atoms with Gasteiger partial charge in [0.05, 0.1) is 11.8 Å². The molecule has 0 radical (unpaired) electrons. The van der Waals surface area contributed by atoms with Gasteiger partial charge in [-0.15, -0.1) is 0 Å². The fourth-order valence-electron chi connectivity index (χ4n) is 2.82. The number of nitrogens with one attached hydrogen (secondary N) is 1. The Morgan fingerprint density at radius 3 is 2.33 bits per heavy atom. The Labute approximate surface area is 174 Å². The molecule has 1 atom stereocenters. The maximum Gasteiger partial charge on any atom is 0.406 e. The van der Waals surface area contributed by atoms with Crippen molar-refractivity contribution in [2.24, 2.45) is 0 Å². The highest BCUT2D eigenvalue weighted by Gasteiger charge is 2.41. The van der Waals surface area contributed by atoms with Gasteiger partial charge in [-0.2, -0.15) is 13.2 Å². The minimum atomic E-state index is -4.72. The van der Waals surface area contributed by atoms with Gasteiger partial charge < -0.3 is 9.30 Å². The second-order valence-electron chi connectivity index (χ2n) is 6.45. The number of sulfonamides is 1. The first kappa shape index (κ1) is 23.8. The van der Waals surface area contributed by atoms with Crippen LogP contribution in [-0.4, -0.2) is 31.5 Å². The van der Waals surface area contributed by atoms with E-state index in [9.17, 15) is 21.6 Å². The number of nitrogens with zero attached hydrogens (tertiary/aromatic N) is 1. The van der Waals surface area contributed by atoms with Crippen LogP contribution in [-0.2, 0) is 23.2 Å². The molecule has 0 saturated carbocycles. The van der Waals surface area contributed by atoms with Crippen LogP contribution in [0.5, 0.6) is 5.75 Å². The first-order valence-electron chi connectivity index (χ1n) is 9.41. The summed E-state index contributed by atoms with van der Waals surface area (Å²) in [6, 6.07) is 14.1. The molecule has 0 aliphatic rings. The molecule has 0 saturated heterocycles. The number of halogens is 3. The first-order valence-corrected chi connectivity index (χ1v) is 11.3. The van der Waals surface area contributed by atoms with Crippen molar-refractivity contribution in [1.82, 2.24) is 9.29 Å². The highest BCUT2D eigenvalue weighted by Crippen LogP contribution is 2.26. The van der Waals surface area contributed by atoms with Crippen molar-refractivity contribution < 1.29 is 26.3 Å². The van der Waals surface area contributed by atoms with Gasteiger partial charge in [-0.3, -0.25) is 0 Å². The summed E-state index contributed by atoms with van der Waals surface area (Å²) in [5, 5.41) is 0.729. The van der Waals surface area contributed by atoms with Gasteiger partial charge in [0.2, 0.25) is 10.0 Å². The van der Waals surface area contributed by atoms with Gasteiger partial charge >= 0.3 is 6.18 Å². The van der Waals surface area contributed by atoms with Gasteiger partial charge in [-0.25, -0.2) is 13.1 Å². The highest BCUT2D eigenvalue weighted by atomic mass is 32.2. The summed E-state index contributed by atoms with van der Waals surface area (Å²) in [6.45, 7) is 3.75. The molecule has 2 aromatic carbocycles. The summed E-state index contributed by atoms with van der Waals surface area (Å²) >= 11 is 0. The fraction of sp³-hybridized carbons (Fsp3) is 0.333. The number of hydrogen-bond donors (Lipinski definition) is 1. The summed E-state index contributed by atoms with van der Waals surface area (Å²) in [7, 11) is -4.02. The number of fused-ring (bicyclic) bond motifs is 1. The molecular formula is C21H25F3N2O3S. The number of hydrogen-bond acceptors (Lipinski definition) is 3. The van der Waals surface area contributed by atoms with Crippen LogP contribution in [0.1, 0.15) is 19.4 Å². The zero-order valence-corrected chi connectivity index (χ0v) is 17.8. The zero-order valence-electron chi connectivity index (χ0n) is 17.0. The molecule has 0 bridgehead atoms. The van der Waals surface area contributed by atoms with Gasteiger partial charge in [-0.05, 0) is 29.1 Å². The SMILES string of the molecule is CC.CS(=O)(=O)NC(Cn1ccc2ccc(OCc3ccccc3)cc21)C(F)(F)F. The molecule has 3 rings (SSSR count). The molecule has 30 heavy (non-hydrogen) atoms. The second-order valence-corrected chi connectivity index (χ2v) is 8.23. The third-order valence-corrected chi connectivity index (χ3v) is 4.84. The largest absolute Gasteiger partial charge is 0.489 e. The number of rotatable bonds is 7. The van der Waals surface area contributed by atoms with Crippen molar-refractivity contribution in [2.45, 2.75) is 39.2 Å². The van der Waals surface area contributed by atoms with Crippen LogP contribution in [0.25, 0.3) is 10.9 Å². The van der Waals surface area contributed by atoms with E-state index in [0.29, 0.717) is 24.1 Å². The van der Waals surface area contributed by atoms with Gasteiger partial charge in [0.25, 0.3) is 0 Å². The Morgan fingerprint density at radius 2 is 1.73 bits per heavy atom. The van der Waals surface area contributed by atoms with E-state index in [2.05, 4.69) is 0 Å². The topological polar surface area (TPSA) is 60.3 Å². The normalized spacial score (nSPS) is 12.9. The van der Waals surface area contributed by atoms with Crippen LogP contribution < -0.4 is 9.46 Å². The van der Waals surface area contributed by atoms with E-state index in [1.54, 1.807) is 29.0 Å². The van der Waals surface area contributed by atoms with Crippen molar-refractivity contribution in [2.75, 3.05) is 6.26 Å². The van der Waals surface area contributed by atoms with Gasteiger partial charge in [0.1, 0.15) is 18.4 Å². The Morgan fingerprint density at radius 1 is 1.07 bits per heavy atom. The molecule has 1 heterocycles. The van der Waals surface area contributed by atoms with Gasteiger partial charge in [0.15, 0.2) is 0 Å². The van der Waals surface area contributed by atoms with E-state index < -0.39 is 28.8 Å². The maximum atomic E-state index is 13.3. The maximum absolute atomic E-state index is 13.3. The van der Waals surface area contributed by atoms with E-state index in [0.717, 1.165) is 10.9 Å². The van der Waals surface area contributed by atoms with Crippen LogP contribution in [0.2, 0.25) is 0 Å². The summed E-state index contributed by atoms with van der Waals surface area (Å²) in [5.41, 5.74) is 1.49. The van der Waals surface area contributed by atoms with Crippen LogP contribution in [0, 0.1) is 0 Å². The molecule has 0 aliphatic carbocycles. The lowest BCUT2D eigenvalue weighted by Crippen LogP contribution is -2.47.